The smallest absolute Gasteiger partial charge is 0.110 e. The van der Waals surface area contributed by atoms with E-state index in [1.54, 1.807) is 0 Å². The van der Waals surface area contributed by atoms with Gasteiger partial charge in [-0.2, -0.15) is 0 Å². The molecule has 0 bridgehead atoms. The van der Waals surface area contributed by atoms with Crippen molar-refractivity contribution in [3.63, 3.8) is 0 Å². The van der Waals surface area contributed by atoms with E-state index in [-0.39, 0.29) is 5.92 Å². The molecule has 0 saturated heterocycles. The summed E-state index contributed by atoms with van der Waals surface area (Å²) < 4.78 is 2.26. The second-order valence-electron chi connectivity index (χ2n) is 5.53. The summed E-state index contributed by atoms with van der Waals surface area (Å²) in [5, 5.41) is 0. The zero-order chi connectivity index (χ0) is 14.0. The Hall–Kier alpha value is -1.42. The van der Waals surface area contributed by atoms with Crippen molar-refractivity contribution >= 4 is 28.2 Å². The van der Waals surface area contributed by atoms with Crippen LogP contribution in [0.1, 0.15) is 26.6 Å². The number of benzene rings is 1. The normalized spacial score (nSPS) is 13.1. The van der Waals surface area contributed by atoms with Gasteiger partial charge >= 0.3 is 0 Å². The summed E-state index contributed by atoms with van der Waals surface area (Å²) in [4.78, 5) is 5.31. The van der Waals surface area contributed by atoms with Crippen LogP contribution in [0.3, 0.4) is 0 Å². The first-order valence-electron chi connectivity index (χ1n) is 6.72. The first kappa shape index (κ1) is 14.0. The third kappa shape index (κ3) is 3.13. The van der Waals surface area contributed by atoms with Crippen molar-refractivity contribution in [2.24, 2.45) is 17.6 Å². The van der Waals surface area contributed by atoms with Crippen LogP contribution in [0.5, 0.6) is 0 Å². The largest absolute Gasteiger partial charge is 0.393 e. The molecule has 4 heteroatoms. The third-order valence-electron chi connectivity index (χ3n) is 3.27. The lowest BCUT2D eigenvalue weighted by atomic mass is 10.1. The molecule has 0 radical (unpaired) electrons. The Kier molecular flexibility index (Phi) is 4.20. The van der Waals surface area contributed by atoms with Gasteiger partial charge in [-0.3, -0.25) is 0 Å². The highest BCUT2D eigenvalue weighted by Gasteiger charge is 2.15. The topological polar surface area (TPSA) is 43.8 Å². The van der Waals surface area contributed by atoms with Crippen molar-refractivity contribution in [2.45, 2.75) is 33.7 Å². The Balaban J connectivity index is 2.44. The monoisotopic (exact) mass is 275 g/mol. The van der Waals surface area contributed by atoms with Crippen molar-refractivity contribution in [3.8, 4) is 0 Å². The minimum Gasteiger partial charge on any atom is -0.393 e. The first-order chi connectivity index (χ1) is 8.99. The summed E-state index contributed by atoms with van der Waals surface area (Å²) in [5.74, 6) is 1.88. The fourth-order valence-electron chi connectivity index (χ4n) is 2.21. The van der Waals surface area contributed by atoms with Gasteiger partial charge < -0.3 is 10.3 Å². The molecule has 0 aliphatic heterocycles. The third-order valence-corrected chi connectivity index (χ3v) is 3.67. The molecule has 3 nitrogen and oxygen atoms in total. The van der Waals surface area contributed by atoms with E-state index in [0.717, 1.165) is 24.3 Å². The molecular weight excluding hydrogens is 254 g/mol. The minimum atomic E-state index is 0.179. The summed E-state index contributed by atoms with van der Waals surface area (Å²) in [5.41, 5.74) is 7.96. The van der Waals surface area contributed by atoms with Gasteiger partial charge in [0.05, 0.1) is 16.0 Å². The summed E-state index contributed by atoms with van der Waals surface area (Å²) in [7, 11) is 0. The van der Waals surface area contributed by atoms with Gasteiger partial charge in [-0.15, -0.1) is 0 Å². The average Bonchev–Trinajstić information content (AvgIpc) is 2.66. The van der Waals surface area contributed by atoms with Crippen molar-refractivity contribution in [2.75, 3.05) is 0 Å². The Morgan fingerprint density at radius 1 is 1.32 bits per heavy atom. The Morgan fingerprint density at radius 2 is 2.00 bits per heavy atom. The van der Waals surface area contributed by atoms with E-state index in [0.29, 0.717) is 10.9 Å². The van der Waals surface area contributed by atoms with Crippen LogP contribution in [-0.2, 0) is 13.0 Å². The van der Waals surface area contributed by atoms with Crippen LogP contribution in [0.2, 0.25) is 0 Å². The number of para-hydroxylation sites is 2. The van der Waals surface area contributed by atoms with E-state index < -0.39 is 0 Å². The summed E-state index contributed by atoms with van der Waals surface area (Å²) >= 11 is 5.09. The number of thiocarbonyl (C=S) groups is 1. The Morgan fingerprint density at radius 3 is 2.63 bits per heavy atom. The molecule has 0 amide bonds. The van der Waals surface area contributed by atoms with Gasteiger partial charge in [0.2, 0.25) is 0 Å². The van der Waals surface area contributed by atoms with Gasteiger partial charge in [0.1, 0.15) is 5.82 Å². The highest BCUT2D eigenvalue weighted by molar-refractivity contribution is 7.80. The van der Waals surface area contributed by atoms with E-state index in [4.69, 9.17) is 22.9 Å². The van der Waals surface area contributed by atoms with Crippen molar-refractivity contribution in [1.82, 2.24) is 9.55 Å². The molecule has 0 aliphatic rings. The SMILES string of the molecule is CC(C)Cc1nc2ccccc2n1CC(C)C(N)=S. The van der Waals surface area contributed by atoms with E-state index >= 15 is 0 Å². The summed E-state index contributed by atoms with van der Waals surface area (Å²) in [6.45, 7) is 7.29. The van der Waals surface area contributed by atoms with Crippen LogP contribution in [0.25, 0.3) is 11.0 Å². The standard InChI is InChI=1S/C15H21N3S/c1-10(2)8-14-17-12-6-4-5-7-13(12)18(14)9-11(3)15(16)19/h4-7,10-11H,8-9H2,1-3H3,(H2,16,19). The molecule has 2 N–H and O–H groups in total. The lowest BCUT2D eigenvalue weighted by Crippen LogP contribution is -2.24. The molecular formula is C15H21N3S. The molecule has 1 aromatic carbocycles. The highest BCUT2D eigenvalue weighted by atomic mass is 32.1. The van der Waals surface area contributed by atoms with E-state index in [1.165, 1.54) is 5.52 Å². The number of rotatable bonds is 5. The number of hydrogen-bond acceptors (Lipinski definition) is 2. The maximum absolute atomic E-state index is 5.75. The molecule has 19 heavy (non-hydrogen) atoms. The molecule has 1 unspecified atom stereocenters. The molecule has 1 aromatic heterocycles. The van der Waals surface area contributed by atoms with Crippen LogP contribution in [0.4, 0.5) is 0 Å². The molecule has 1 heterocycles. The quantitative estimate of drug-likeness (QED) is 0.852. The van der Waals surface area contributed by atoms with Gasteiger partial charge in [0, 0.05) is 18.9 Å². The van der Waals surface area contributed by atoms with Crippen molar-refractivity contribution in [1.29, 1.82) is 0 Å². The minimum absolute atomic E-state index is 0.179. The van der Waals surface area contributed by atoms with Crippen LogP contribution >= 0.6 is 12.2 Å². The van der Waals surface area contributed by atoms with Crippen LogP contribution < -0.4 is 5.73 Å². The molecule has 2 aromatic rings. The second-order valence-corrected chi connectivity index (χ2v) is 6.00. The zero-order valence-corrected chi connectivity index (χ0v) is 12.6. The van der Waals surface area contributed by atoms with Crippen LogP contribution in [-0.4, -0.2) is 14.5 Å². The number of fused-ring (bicyclic) bond motifs is 1. The van der Waals surface area contributed by atoms with Gasteiger partial charge in [0.25, 0.3) is 0 Å². The molecule has 2 rings (SSSR count). The average molecular weight is 275 g/mol. The lowest BCUT2D eigenvalue weighted by Gasteiger charge is -2.15. The van der Waals surface area contributed by atoms with Crippen molar-refractivity contribution < 1.29 is 0 Å². The first-order valence-corrected chi connectivity index (χ1v) is 7.13. The Labute approximate surface area is 119 Å². The van der Waals surface area contributed by atoms with Gasteiger partial charge in [-0.1, -0.05) is 45.1 Å². The fraction of sp³-hybridized carbons (Fsp3) is 0.467. The van der Waals surface area contributed by atoms with E-state index in [2.05, 4.69) is 37.5 Å². The van der Waals surface area contributed by atoms with Gasteiger partial charge in [-0.05, 0) is 18.1 Å². The second kappa shape index (κ2) is 5.70. The number of nitrogens with two attached hydrogens (primary N) is 1. The van der Waals surface area contributed by atoms with E-state index in [1.807, 2.05) is 12.1 Å². The predicted molar refractivity (Wildman–Crippen MR) is 84.2 cm³/mol. The molecule has 0 saturated carbocycles. The zero-order valence-electron chi connectivity index (χ0n) is 11.8. The molecule has 0 fully saturated rings. The number of nitrogens with zero attached hydrogens (tertiary/aromatic N) is 2. The maximum Gasteiger partial charge on any atom is 0.110 e. The summed E-state index contributed by atoms with van der Waals surface area (Å²) in [6.07, 6.45) is 0.971. The Bertz CT molecular complexity index is 586. The lowest BCUT2D eigenvalue weighted by molar-refractivity contribution is 0.545. The molecule has 102 valence electrons. The highest BCUT2D eigenvalue weighted by Crippen LogP contribution is 2.20. The van der Waals surface area contributed by atoms with E-state index in [9.17, 15) is 0 Å². The maximum atomic E-state index is 5.75. The van der Waals surface area contributed by atoms with Crippen LogP contribution in [0.15, 0.2) is 24.3 Å². The predicted octanol–water partition coefficient (Wildman–Crippen LogP) is 3.16. The fourth-order valence-corrected chi connectivity index (χ4v) is 2.29. The number of imidazole rings is 1. The van der Waals surface area contributed by atoms with Crippen molar-refractivity contribution in [3.05, 3.63) is 30.1 Å². The number of hydrogen-bond donors (Lipinski definition) is 1. The van der Waals surface area contributed by atoms with Gasteiger partial charge in [0.15, 0.2) is 0 Å². The molecule has 0 spiro atoms. The summed E-state index contributed by atoms with van der Waals surface area (Å²) in [6, 6.07) is 8.24. The number of aromatic nitrogens is 2. The molecule has 0 aliphatic carbocycles. The molecule has 1 atom stereocenters. The van der Waals surface area contributed by atoms with Gasteiger partial charge in [-0.25, -0.2) is 4.98 Å². The van der Waals surface area contributed by atoms with Crippen LogP contribution in [0, 0.1) is 11.8 Å².